The molecule has 0 aliphatic rings. The van der Waals surface area contributed by atoms with Gasteiger partial charge in [-0.25, -0.2) is 0 Å². The van der Waals surface area contributed by atoms with Crippen molar-refractivity contribution in [1.82, 2.24) is 5.10 Å². The van der Waals surface area contributed by atoms with Crippen LogP contribution in [0.1, 0.15) is 25.3 Å². The Morgan fingerprint density at radius 3 is 2.78 bits per heavy atom. The molecule has 0 aliphatic carbocycles. The number of hydrogen-bond donors (Lipinski definition) is 0. The predicted octanol–water partition coefficient (Wildman–Crippen LogP) is 0.605. The van der Waals surface area contributed by atoms with Crippen molar-refractivity contribution in [2.45, 2.75) is 19.8 Å². The molecule has 9 heavy (non-hydrogen) atoms. The molecule has 0 aromatic carbocycles. The first-order valence-electron chi connectivity index (χ1n) is 2.99. The zero-order valence-electron chi connectivity index (χ0n) is 5.63. The second kappa shape index (κ2) is 2.45. The molecule has 0 N–H and O–H groups in total. The highest BCUT2D eigenvalue weighted by Crippen LogP contribution is 2.08. The van der Waals surface area contributed by atoms with Crippen LogP contribution in [0.2, 0.25) is 0 Å². The standard InChI is InChI=1S/C7H9N2/c1-6(2)7-3-4-8-9-5-7/h3,5-6H,1-2H3/q+1. The zero-order chi connectivity index (χ0) is 6.69. The van der Waals surface area contributed by atoms with Crippen LogP contribution in [0.5, 0.6) is 0 Å². The van der Waals surface area contributed by atoms with E-state index in [2.05, 4.69) is 30.2 Å². The second-order valence-corrected chi connectivity index (χ2v) is 2.27. The van der Waals surface area contributed by atoms with Crippen molar-refractivity contribution >= 4 is 0 Å². The normalized spacial score (nSPS) is 9.22. The summed E-state index contributed by atoms with van der Waals surface area (Å²) in [5.74, 6) is 0.525. The van der Waals surface area contributed by atoms with Crippen LogP contribution in [0.4, 0.5) is 0 Å². The molecule has 1 aromatic rings. The third kappa shape index (κ3) is 1.39. The zero-order valence-corrected chi connectivity index (χ0v) is 5.63. The van der Waals surface area contributed by atoms with Gasteiger partial charge in [0.05, 0.1) is 6.07 Å². The van der Waals surface area contributed by atoms with E-state index in [-0.39, 0.29) is 0 Å². The predicted molar refractivity (Wildman–Crippen MR) is 32.8 cm³/mol. The molecule has 0 atom stereocenters. The van der Waals surface area contributed by atoms with Gasteiger partial charge in [0.25, 0.3) is 0 Å². The van der Waals surface area contributed by atoms with Crippen LogP contribution in [0, 0.1) is 6.20 Å². The summed E-state index contributed by atoms with van der Waals surface area (Å²) >= 11 is 0. The van der Waals surface area contributed by atoms with E-state index >= 15 is 0 Å². The van der Waals surface area contributed by atoms with Gasteiger partial charge >= 0.3 is 6.20 Å². The van der Waals surface area contributed by atoms with E-state index < -0.39 is 0 Å². The average molecular weight is 121 g/mol. The molecule has 46 valence electrons. The minimum absolute atomic E-state index is 0.525. The summed E-state index contributed by atoms with van der Waals surface area (Å²) in [6.07, 6.45) is 4.45. The summed E-state index contributed by atoms with van der Waals surface area (Å²) in [7, 11) is 0. The summed E-state index contributed by atoms with van der Waals surface area (Å²) in [5, 5.41) is 7.25. The molecule has 0 amide bonds. The van der Waals surface area contributed by atoms with Gasteiger partial charge < -0.3 is 0 Å². The van der Waals surface area contributed by atoms with Gasteiger partial charge in [-0.15, -0.1) is 0 Å². The molecule has 0 bridgehead atoms. The van der Waals surface area contributed by atoms with Crippen molar-refractivity contribution in [2.24, 2.45) is 0 Å². The number of nitrogens with zero attached hydrogens (tertiary/aromatic N) is 2. The van der Waals surface area contributed by atoms with E-state index in [0.29, 0.717) is 5.92 Å². The van der Waals surface area contributed by atoms with Gasteiger partial charge in [-0.3, -0.25) is 0 Å². The Balaban J connectivity index is 2.85. The molecule has 0 unspecified atom stereocenters. The monoisotopic (exact) mass is 121 g/mol. The minimum atomic E-state index is 0.525. The van der Waals surface area contributed by atoms with Gasteiger partial charge in [0.15, 0.2) is 0 Å². The molecular formula is C7H9N2+. The highest BCUT2D eigenvalue weighted by molar-refractivity contribution is 5.07. The van der Waals surface area contributed by atoms with Crippen molar-refractivity contribution in [3.8, 4) is 0 Å². The van der Waals surface area contributed by atoms with Gasteiger partial charge in [-0.1, -0.05) is 13.8 Å². The van der Waals surface area contributed by atoms with Gasteiger partial charge in [0.2, 0.25) is 0 Å². The lowest BCUT2D eigenvalue weighted by atomic mass is 10.1. The Morgan fingerprint density at radius 2 is 2.44 bits per heavy atom. The van der Waals surface area contributed by atoms with Gasteiger partial charge in [-0.2, -0.15) is 0 Å². The summed E-state index contributed by atoms with van der Waals surface area (Å²) in [6.45, 7) is 4.23. The van der Waals surface area contributed by atoms with Crippen molar-refractivity contribution in [3.63, 3.8) is 0 Å². The molecule has 0 saturated heterocycles. The molecule has 1 rings (SSSR count). The Morgan fingerprint density at radius 1 is 1.67 bits per heavy atom. The SMILES string of the molecule is CC(C)c1cc#[n+]nc1. The summed E-state index contributed by atoms with van der Waals surface area (Å²) in [5.41, 5.74) is 1.19. The lowest BCUT2D eigenvalue weighted by Crippen LogP contribution is -1.98. The van der Waals surface area contributed by atoms with E-state index in [0.717, 1.165) is 0 Å². The smallest absolute Gasteiger partial charge is 0.0586 e. The van der Waals surface area contributed by atoms with E-state index in [9.17, 15) is 0 Å². The number of rotatable bonds is 1. The maximum Gasteiger partial charge on any atom is 0.352 e. The highest BCUT2D eigenvalue weighted by atomic mass is 15.0. The third-order valence-corrected chi connectivity index (χ3v) is 1.22. The summed E-state index contributed by atoms with van der Waals surface area (Å²) in [6, 6.07) is 1.86. The van der Waals surface area contributed by atoms with Crippen molar-refractivity contribution in [1.29, 1.82) is 0 Å². The van der Waals surface area contributed by atoms with Crippen LogP contribution in [0.15, 0.2) is 12.3 Å². The lowest BCUT2D eigenvalue weighted by molar-refractivity contribution is -0.377. The first-order chi connectivity index (χ1) is 4.30. The number of aromatic nitrogens is 2. The third-order valence-electron chi connectivity index (χ3n) is 1.22. The van der Waals surface area contributed by atoms with Crippen LogP contribution >= 0.6 is 0 Å². The first-order valence-corrected chi connectivity index (χ1v) is 2.99. The van der Waals surface area contributed by atoms with E-state index in [1.807, 2.05) is 6.07 Å². The van der Waals surface area contributed by atoms with Gasteiger partial charge in [0, 0.05) is 0 Å². The fourth-order valence-corrected chi connectivity index (χ4v) is 0.585. The molecule has 1 heterocycles. The fraction of sp³-hybridized carbons (Fsp3) is 0.429. The Hall–Kier alpha value is -1.10. The second-order valence-electron chi connectivity index (χ2n) is 2.27. The molecular weight excluding hydrogens is 112 g/mol. The molecule has 2 heteroatoms. The first kappa shape index (κ1) is 6.03. The summed E-state index contributed by atoms with van der Waals surface area (Å²) in [4.78, 5) is 0. The van der Waals surface area contributed by atoms with E-state index in [1.54, 1.807) is 6.20 Å². The minimum Gasteiger partial charge on any atom is -0.0586 e. The average Bonchev–Trinajstić information content (AvgIpc) is 1.90. The Labute approximate surface area is 54.9 Å². The molecule has 0 fully saturated rings. The van der Waals surface area contributed by atoms with E-state index in [1.165, 1.54) is 5.56 Å². The molecule has 0 spiro atoms. The van der Waals surface area contributed by atoms with Crippen LogP contribution in [-0.2, 0) is 0 Å². The van der Waals surface area contributed by atoms with Gasteiger partial charge in [0.1, 0.15) is 16.4 Å². The van der Waals surface area contributed by atoms with Gasteiger partial charge in [-0.05, 0) is 11.5 Å². The van der Waals surface area contributed by atoms with E-state index in [4.69, 9.17) is 0 Å². The topological polar surface area (TPSA) is 27.0 Å². The lowest BCUT2D eigenvalue weighted by Gasteiger charge is -1.95. The molecule has 1 aromatic heterocycles. The highest BCUT2D eigenvalue weighted by Gasteiger charge is 1.98. The quantitative estimate of drug-likeness (QED) is 0.544. The van der Waals surface area contributed by atoms with Crippen LogP contribution in [-0.4, -0.2) is 5.10 Å². The maximum absolute atomic E-state index is 3.70. The fourth-order valence-electron chi connectivity index (χ4n) is 0.585. The summed E-state index contributed by atoms with van der Waals surface area (Å²) < 4.78 is 0. The maximum atomic E-state index is 3.70. The molecule has 2 nitrogen and oxygen atoms in total. The van der Waals surface area contributed by atoms with Crippen molar-refractivity contribution in [3.05, 3.63) is 24.0 Å². The Kier molecular flexibility index (Phi) is 1.64. The number of hydrogen-bond acceptors (Lipinski definition) is 1. The molecule has 0 radical (unpaired) electrons. The van der Waals surface area contributed by atoms with Crippen molar-refractivity contribution in [2.75, 3.05) is 0 Å². The molecule has 0 saturated carbocycles. The Bertz CT molecular complexity index is 170. The van der Waals surface area contributed by atoms with Crippen molar-refractivity contribution < 1.29 is 5.10 Å². The van der Waals surface area contributed by atoms with Crippen LogP contribution in [0.3, 0.4) is 0 Å². The molecule has 0 aliphatic heterocycles. The van der Waals surface area contributed by atoms with Crippen LogP contribution in [0.25, 0.3) is 0 Å². The van der Waals surface area contributed by atoms with Crippen LogP contribution < -0.4 is 5.10 Å². The largest absolute Gasteiger partial charge is 0.352 e.